The van der Waals surface area contributed by atoms with Crippen LogP contribution in [0.4, 0.5) is 0 Å². The number of benzene rings is 1. The van der Waals surface area contributed by atoms with E-state index >= 15 is 0 Å². The van der Waals surface area contributed by atoms with Crippen LogP contribution in [0.25, 0.3) is 10.9 Å². The molecule has 0 fully saturated rings. The largest absolute Gasteiger partial charge is 1.00 e. The average molecular weight is 310 g/mol. The van der Waals surface area contributed by atoms with Crippen molar-refractivity contribution >= 4 is 22.8 Å². The molecule has 22 heavy (non-hydrogen) atoms. The summed E-state index contributed by atoms with van der Waals surface area (Å²) >= 11 is 0. The first kappa shape index (κ1) is 18.7. The SMILES string of the molecule is CCCCC(=O)N[C@@H](Cc1c[nH]c2ccccc12)C(=O)[O-].[Na+]. The molecule has 0 saturated heterocycles. The molecule has 2 aromatic rings. The number of hydrogen-bond donors (Lipinski definition) is 2. The Morgan fingerprint density at radius 2 is 2.05 bits per heavy atom. The number of nitrogens with one attached hydrogen (secondary N) is 2. The molecule has 2 N–H and O–H groups in total. The van der Waals surface area contributed by atoms with Crippen LogP contribution in [0.1, 0.15) is 31.7 Å². The summed E-state index contributed by atoms with van der Waals surface area (Å²) in [6, 6.07) is 6.64. The molecular weight excluding hydrogens is 291 g/mol. The Morgan fingerprint density at radius 1 is 1.32 bits per heavy atom. The summed E-state index contributed by atoms with van der Waals surface area (Å²) in [5, 5.41) is 14.7. The molecule has 2 rings (SSSR count). The summed E-state index contributed by atoms with van der Waals surface area (Å²) in [6.45, 7) is 1.98. The number of fused-ring (bicyclic) bond motifs is 1. The molecule has 6 heteroatoms. The number of amides is 1. The summed E-state index contributed by atoms with van der Waals surface area (Å²) in [5.74, 6) is -1.50. The number of aliphatic carboxylic acids is 1. The zero-order chi connectivity index (χ0) is 15.2. The van der Waals surface area contributed by atoms with Crippen LogP contribution in [0.15, 0.2) is 30.5 Å². The fourth-order valence-electron chi connectivity index (χ4n) is 2.32. The van der Waals surface area contributed by atoms with Crippen LogP contribution in [0.3, 0.4) is 0 Å². The van der Waals surface area contributed by atoms with Crippen LogP contribution in [0, 0.1) is 0 Å². The number of hydrogen-bond acceptors (Lipinski definition) is 3. The number of carbonyl (C=O) groups is 2. The second kappa shape index (κ2) is 8.98. The molecule has 0 spiro atoms. The average Bonchev–Trinajstić information content (AvgIpc) is 2.87. The summed E-state index contributed by atoms with van der Waals surface area (Å²) in [7, 11) is 0. The summed E-state index contributed by atoms with van der Waals surface area (Å²) in [5.41, 5.74) is 1.80. The fourth-order valence-corrected chi connectivity index (χ4v) is 2.32. The minimum atomic E-state index is -1.26. The van der Waals surface area contributed by atoms with Gasteiger partial charge in [-0.2, -0.15) is 0 Å². The molecule has 1 atom stereocenters. The zero-order valence-electron chi connectivity index (χ0n) is 13.0. The molecule has 1 aromatic carbocycles. The zero-order valence-corrected chi connectivity index (χ0v) is 15.0. The van der Waals surface area contributed by atoms with Crippen LogP contribution < -0.4 is 40.0 Å². The first-order valence-electron chi connectivity index (χ1n) is 7.17. The molecule has 112 valence electrons. The van der Waals surface area contributed by atoms with E-state index in [1.807, 2.05) is 31.2 Å². The van der Waals surface area contributed by atoms with Gasteiger partial charge in [-0.05, 0) is 18.1 Å². The summed E-state index contributed by atoms with van der Waals surface area (Å²) < 4.78 is 0. The Balaban J connectivity index is 0.00000242. The Labute approximate surface area is 151 Å². The van der Waals surface area contributed by atoms with Gasteiger partial charge in [0.2, 0.25) is 5.91 Å². The molecule has 1 heterocycles. The van der Waals surface area contributed by atoms with E-state index in [1.165, 1.54) is 0 Å². The van der Waals surface area contributed by atoms with Crippen molar-refractivity contribution in [2.45, 2.75) is 38.6 Å². The minimum absolute atomic E-state index is 0. The van der Waals surface area contributed by atoms with Gasteiger partial charge in [-0.25, -0.2) is 0 Å². The standard InChI is InChI=1S/C16H20N2O3.Na/c1-2-3-8-15(19)18-14(16(20)21)9-11-10-17-13-7-5-4-6-12(11)13;/h4-7,10,14,17H,2-3,8-9H2,1H3,(H,18,19)(H,20,21);/q;+1/p-1/t14-;/m0./s1. The minimum Gasteiger partial charge on any atom is -0.548 e. The molecule has 1 aromatic heterocycles. The van der Waals surface area contributed by atoms with Gasteiger partial charge in [0.25, 0.3) is 0 Å². The summed E-state index contributed by atoms with van der Waals surface area (Å²) in [6.07, 6.45) is 3.97. The molecule has 1 amide bonds. The maximum Gasteiger partial charge on any atom is 1.00 e. The number of carboxylic acids is 1. The van der Waals surface area contributed by atoms with Crippen molar-refractivity contribution in [3.8, 4) is 0 Å². The van der Waals surface area contributed by atoms with Crippen molar-refractivity contribution in [2.24, 2.45) is 0 Å². The number of carboxylic acid groups (broad SMARTS) is 1. The molecule has 0 aliphatic rings. The van der Waals surface area contributed by atoms with Gasteiger partial charge in [0.05, 0.1) is 12.0 Å². The van der Waals surface area contributed by atoms with Gasteiger partial charge in [0, 0.05) is 29.9 Å². The Kier molecular flexibility index (Phi) is 7.65. The topological polar surface area (TPSA) is 85.0 Å². The molecule has 0 bridgehead atoms. The van der Waals surface area contributed by atoms with Crippen LogP contribution in [-0.2, 0) is 16.0 Å². The number of unbranched alkanes of at least 4 members (excludes halogenated alkanes) is 1. The van der Waals surface area contributed by atoms with Gasteiger partial charge < -0.3 is 20.2 Å². The van der Waals surface area contributed by atoms with Crippen LogP contribution >= 0.6 is 0 Å². The van der Waals surface area contributed by atoms with Gasteiger partial charge in [0.15, 0.2) is 0 Å². The number of aromatic nitrogens is 1. The number of carbonyl (C=O) groups excluding carboxylic acids is 2. The first-order chi connectivity index (χ1) is 10.1. The van der Waals surface area contributed by atoms with E-state index in [2.05, 4.69) is 10.3 Å². The Bertz CT molecular complexity index is 639. The Hall–Kier alpha value is -1.30. The third-order valence-electron chi connectivity index (χ3n) is 3.48. The first-order valence-corrected chi connectivity index (χ1v) is 7.17. The van der Waals surface area contributed by atoms with Gasteiger partial charge >= 0.3 is 29.6 Å². The van der Waals surface area contributed by atoms with Crippen molar-refractivity contribution in [2.75, 3.05) is 0 Å². The second-order valence-corrected chi connectivity index (χ2v) is 5.11. The van der Waals surface area contributed by atoms with E-state index in [4.69, 9.17) is 0 Å². The van der Waals surface area contributed by atoms with Crippen molar-refractivity contribution in [3.63, 3.8) is 0 Å². The predicted molar refractivity (Wildman–Crippen MR) is 78.5 cm³/mol. The van der Waals surface area contributed by atoms with E-state index in [0.29, 0.717) is 6.42 Å². The second-order valence-electron chi connectivity index (χ2n) is 5.11. The fraction of sp³-hybridized carbons (Fsp3) is 0.375. The van der Waals surface area contributed by atoms with E-state index in [0.717, 1.165) is 29.3 Å². The maximum absolute atomic E-state index is 11.7. The van der Waals surface area contributed by atoms with E-state index < -0.39 is 12.0 Å². The molecule has 0 radical (unpaired) electrons. The van der Waals surface area contributed by atoms with E-state index in [9.17, 15) is 14.7 Å². The van der Waals surface area contributed by atoms with E-state index in [1.54, 1.807) is 6.20 Å². The van der Waals surface area contributed by atoms with Crippen molar-refractivity contribution in [3.05, 3.63) is 36.0 Å². The number of H-pyrrole nitrogens is 1. The molecule has 5 nitrogen and oxygen atoms in total. The van der Waals surface area contributed by atoms with Gasteiger partial charge in [-0.3, -0.25) is 4.79 Å². The molecule has 0 saturated carbocycles. The third kappa shape index (κ3) is 4.87. The molecular formula is C16H19N2NaO3. The smallest absolute Gasteiger partial charge is 0.548 e. The number of para-hydroxylation sites is 1. The number of aromatic amines is 1. The van der Waals surface area contributed by atoms with Crippen molar-refractivity contribution in [1.29, 1.82) is 0 Å². The van der Waals surface area contributed by atoms with Crippen molar-refractivity contribution < 1.29 is 44.3 Å². The third-order valence-corrected chi connectivity index (χ3v) is 3.48. The van der Waals surface area contributed by atoms with Gasteiger partial charge in [-0.1, -0.05) is 31.5 Å². The molecule has 0 unspecified atom stereocenters. The quantitative estimate of drug-likeness (QED) is 0.588. The number of rotatable bonds is 7. The maximum atomic E-state index is 11.7. The van der Waals surface area contributed by atoms with Crippen LogP contribution in [0.5, 0.6) is 0 Å². The van der Waals surface area contributed by atoms with E-state index in [-0.39, 0.29) is 41.9 Å². The van der Waals surface area contributed by atoms with Gasteiger partial charge in [0.1, 0.15) is 0 Å². The van der Waals surface area contributed by atoms with Crippen molar-refractivity contribution in [1.82, 2.24) is 10.3 Å². The van der Waals surface area contributed by atoms with Crippen LogP contribution in [-0.4, -0.2) is 22.9 Å². The summed E-state index contributed by atoms with van der Waals surface area (Å²) in [4.78, 5) is 26.0. The van der Waals surface area contributed by atoms with Crippen LogP contribution in [0.2, 0.25) is 0 Å². The Morgan fingerprint density at radius 3 is 2.73 bits per heavy atom. The molecule has 0 aliphatic carbocycles. The van der Waals surface area contributed by atoms with Gasteiger partial charge in [-0.15, -0.1) is 0 Å². The normalized spacial score (nSPS) is 11.7. The monoisotopic (exact) mass is 310 g/mol. The molecule has 0 aliphatic heterocycles. The predicted octanol–water partition coefficient (Wildman–Crippen LogP) is -1.86.